The standard InChI is InChI=1S/C18H25FN2O3/c19-15-3-1-13(2-4-15)16(22)14-5-9-21(10-6-14)17(23)18(20)7-11-24-12-8-18/h1-4,14,16,22H,5-12,20H2. The van der Waals surface area contributed by atoms with Crippen LogP contribution in [0, 0.1) is 11.7 Å². The molecular formula is C18H25FN2O3. The summed E-state index contributed by atoms with van der Waals surface area (Å²) >= 11 is 0. The molecule has 1 atom stereocenters. The van der Waals surface area contributed by atoms with Crippen LogP contribution in [0.2, 0.25) is 0 Å². The second kappa shape index (κ2) is 7.17. The highest BCUT2D eigenvalue weighted by atomic mass is 19.1. The number of aliphatic hydroxyl groups is 1. The third kappa shape index (κ3) is 3.61. The molecule has 3 rings (SSSR count). The van der Waals surface area contributed by atoms with E-state index in [1.165, 1.54) is 12.1 Å². The average Bonchev–Trinajstić information content (AvgIpc) is 2.62. The van der Waals surface area contributed by atoms with Crippen molar-refractivity contribution in [1.82, 2.24) is 4.90 Å². The van der Waals surface area contributed by atoms with E-state index in [9.17, 15) is 14.3 Å². The van der Waals surface area contributed by atoms with Crippen LogP contribution in [-0.4, -0.2) is 47.8 Å². The number of hydrogen-bond acceptors (Lipinski definition) is 4. The van der Waals surface area contributed by atoms with Crippen LogP contribution in [0.15, 0.2) is 24.3 Å². The fourth-order valence-corrected chi connectivity index (χ4v) is 3.61. The van der Waals surface area contributed by atoms with Crippen LogP contribution in [0.3, 0.4) is 0 Å². The minimum atomic E-state index is -0.805. The maximum atomic E-state index is 13.0. The first-order valence-electron chi connectivity index (χ1n) is 8.59. The largest absolute Gasteiger partial charge is 0.388 e. The average molecular weight is 336 g/mol. The van der Waals surface area contributed by atoms with Gasteiger partial charge in [0.2, 0.25) is 5.91 Å². The molecule has 2 fully saturated rings. The lowest BCUT2D eigenvalue weighted by molar-refractivity contribution is -0.142. The number of carbonyl (C=O) groups excluding carboxylic acids is 1. The Bertz CT molecular complexity index is 564. The summed E-state index contributed by atoms with van der Waals surface area (Å²) in [5, 5.41) is 10.5. The summed E-state index contributed by atoms with van der Waals surface area (Å²) in [6, 6.07) is 5.96. The van der Waals surface area contributed by atoms with Crippen molar-refractivity contribution < 1.29 is 19.0 Å². The molecule has 0 aromatic heterocycles. The smallest absolute Gasteiger partial charge is 0.242 e. The van der Waals surface area contributed by atoms with Crippen LogP contribution < -0.4 is 5.73 Å². The molecule has 1 unspecified atom stereocenters. The Labute approximate surface area is 141 Å². The molecule has 2 heterocycles. The molecule has 132 valence electrons. The second-order valence-electron chi connectivity index (χ2n) is 6.89. The number of rotatable bonds is 3. The molecule has 2 aliphatic heterocycles. The number of hydrogen-bond donors (Lipinski definition) is 2. The number of ether oxygens (including phenoxy) is 1. The number of benzene rings is 1. The highest BCUT2D eigenvalue weighted by Crippen LogP contribution is 2.32. The van der Waals surface area contributed by atoms with Gasteiger partial charge in [-0.1, -0.05) is 12.1 Å². The Morgan fingerprint density at radius 3 is 2.42 bits per heavy atom. The van der Waals surface area contributed by atoms with E-state index >= 15 is 0 Å². The van der Waals surface area contributed by atoms with Crippen molar-refractivity contribution in [3.8, 4) is 0 Å². The molecule has 1 aromatic rings. The van der Waals surface area contributed by atoms with Crippen LogP contribution in [0.1, 0.15) is 37.4 Å². The molecule has 24 heavy (non-hydrogen) atoms. The zero-order valence-electron chi connectivity index (χ0n) is 13.8. The second-order valence-corrected chi connectivity index (χ2v) is 6.89. The Hall–Kier alpha value is -1.50. The summed E-state index contributed by atoms with van der Waals surface area (Å²) in [5.74, 6) is -0.237. The lowest BCUT2D eigenvalue weighted by Gasteiger charge is -2.40. The van der Waals surface area contributed by atoms with Crippen LogP contribution in [0.4, 0.5) is 4.39 Å². The lowest BCUT2D eigenvalue weighted by Crippen LogP contribution is -2.59. The van der Waals surface area contributed by atoms with Crippen LogP contribution in [0.5, 0.6) is 0 Å². The number of amides is 1. The van der Waals surface area contributed by atoms with Crippen molar-refractivity contribution in [2.45, 2.75) is 37.3 Å². The summed E-state index contributed by atoms with van der Waals surface area (Å²) in [5.41, 5.74) is 6.20. The highest BCUT2D eigenvalue weighted by molar-refractivity contribution is 5.86. The molecule has 0 aliphatic carbocycles. The van der Waals surface area contributed by atoms with E-state index in [0.717, 1.165) is 18.4 Å². The molecule has 2 saturated heterocycles. The van der Waals surface area contributed by atoms with Gasteiger partial charge in [-0.15, -0.1) is 0 Å². The van der Waals surface area contributed by atoms with Crippen LogP contribution >= 0.6 is 0 Å². The quantitative estimate of drug-likeness (QED) is 0.879. The van der Waals surface area contributed by atoms with Crippen molar-refractivity contribution in [2.24, 2.45) is 11.7 Å². The third-order valence-corrected chi connectivity index (χ3v) is 5.30. The van der Waals surface area contributed by atoms with Crippen molar-refractivity contribution >= 4 is 5.91 Å². The Balaban J connectivity index is 1.57. The predicted octanol–water partition coefficient (Wildman–Crippen LogP) is 1.61. The number of aliphatic hydroxyl groups excluding tert-OH is 1. The summed E-state index contributed by atoms with van der Waals surface area (Å²) < 4.78 is 18.3. The molecule has 2 aliphatic rings. The Morgan fingerprint density at radius 2 is 1.83 bits per heavy atom. The Kier molecular flexibility index (Phi) is 5.18. The van der Waals surface area contributed by atoms with Gasteiger partial charge in [0.15, 0.2) is 0 Å². The first kappa shape index (κ1) is 17.3. The van der Waals surface area contributed by atoms with Gasteiger partial charge in [-0.2, -0.15) is 0 Å². The SMILES string of the molecule is NC1(C(=O)N2CCC(C(O)c3ccc(F)cc3)CC2)CCOCC1. The maximum absolute atomic E-state index is 13.0. The molecule has 1 aromatic carbocycles. The van der Waals surface area contributed by atoms with Crippen molar-refractivity contribution in [2.75, 3.05) is 26.3 Å². The van der Waals surface area contributed by atoms with Gasteiger partial charge in [-0.05, 0) is 49.3 Å². The summed E-state index contributed by atoms with van der Waals surface area (Å²) in [7, 11) is 0. The zero-order valence-corrected chi connectivity index (χ0v) is 13.8. The number of halogens is 1. The van der Waals surface area contributed by atoms with E-state index in [2.05, 4.69) is 0 Å². The molecule has 0 bridgehead atoms. The van der Waals surface area contributed by atoms with E-state index in [4.69, 9.17) is 10.5 Å². The molecule has 6 heteroatoms. The Morgan fingerprint density at radius 1 is 1.25 bits per heavy atom. The lowest BCUT2D eigenvalue weighted by atomic mass is 9.85. The number of likely N-dealkylation sites (tertiary alicyclic amines) is 1. The van der Waals surface area contributed by atoms with Crippen LogP contribution in [-0.2, 0) is 9.53 Å². The zero-order chi connectivity index (χ0) is 17.2. The molecule has 3 N–H and O–H groups in total. The fourth-order valence-electron chi connectivity index (χ4n) is 3.61. The van der Waals surface area contributed by atoms with E-state index < -0.39 is 11.6 Å². The first-order valence-corrected chi connectivity index (χ1v) is 8.59. The van der Waals surface area contributed by atoms with Gasteiger partial charge < -0.3 is 20.5 Å². The molecule has 0 spiro atoms. The van der Waals surface area contributed by atoms with Gasteiger partial charge in [0.1, 0.15) is 5.82 Å². The summed E-state index contributed by atoms with van der Waals surface area (Å²) in [6.07, 6.45) is 1.93. The predicted molar refractivity (Wildman–Crippen MR) is 87.6 cm³/mol. The minimum Gasteiger partial charge on any atom is -0.388 e. The van der Waals surface area contributed by atoms with Crippen molar-refractivity contribution in [3.05, 3.63) is 35.6 Å². The van der Waals surface area contributed by atoms with Crippen LogP contribution in [0.25, 0.3) is 0 Å². The summed E-state index contributed by atoms with van der Waals surface area (Å²) in [6.45, 7) is 2.26. The van der Waals surface area contributed by atoms with E-state index in [-0.39, 0.29) is 17.6 Å². The number of piperidine rings is 1. The molecule has 1 amide bonds. The normalized spacial score (nSPS) is 23.0. The molecule has 5 nitrogen and oxygen atoms in total. The number of nitrogens with two attached hydrogens (primary N) is 1. The number of carbonyl (C=O) groups is 1. The van der Waals surface area contributed by atoms with E-state index in [0.29, 0.717) is 39.1 Å². The van der Waals surface area contributed by atoms with Gasteiger partial charge >= 0.3 is 0 Å². The van der Waals surface area contributed by atoms with Gasteiger partial charge in [0.05, 0.1) is 11.6 Å². The van der Waals surface area contributed by atoms with Gasteiger partial charge in [0.25, 0.3) is 0 Å². The molecule has 0 saturated carbocycles. The minimum absolute atomic E-state index is 0.000483. The molecule has 0 radical (unpaired) electrons. The fraction of sp³-hybridized carbons (Fsp3) is 0.611. The highest BCUT2D eigenvalue weighted by Gasteiger charge is 2.40. The van der Waals surface area contributed by atoms with Gasteiger partial charge in [-0.3, -0.25) is 4.79 Å². The summed E-state index contributed by atoms with van der Waals surface area (Å²) in [4.78, 5) is 14.5. The maximum Gasteiger partial charge on any atom is 0.242 e. The van der Waals surface area contributed by atoms with Crippen molar-refractivity contribution in [1.29, 1.82) is 0 Å². The molecular weight excluding hydrogens is 311 g/mol. The van der Waals surface area contributed by atoms with E-state index in [1.54, 1.807) is 12.1 Å². The monoisotopic (exact) mass is 336 g/mol. The van der Waals surface area contributed by atoms with Crippen molar-refractivity contribution in [3.63, 3.8) is 0 Å². The van der Waals surface area contributed by atoms with Gasteiger partial charge in [0, 0.05) is 26.3 Å². The number of nitrogens with zero attached hydrogens (tertiary/aromatic N) is 1. The topological polar surface area (TPSA) is 75.8 Å². The van der Waals surface area contributed by atoms with Gasteiger partial charge in [-0.25, -0.2) is 4.39 Å². The van der Waals surface area contributed by atoms with E-state index in [1.807, 2.05) is 4.90 Å². The third-order valence-electron chi connectivity index (χ3n) is 5.30. The first-order chi connectivity index (χ1) is 11.5.